The van der Waals surface area contributed by atoms with Crippen molar-refractivity contribution in [2.75, 3.05) is 6.54 Å². The van der Waals surface area contributed by atoms with Crippen LogP contribution in [0.25, 0.3) is 11.0 Å². The Morgan fingerprint density at radius 2 is 2.25 bits per heavy atom. The minimum atomic E-state index is 0.555. The quantitative estimate of drug-likeness (QED) is 0.790. The van der Waals surface area contributed by atoms with Crippen LogP contribution in [-0.2, 0) is 13.1 Å². The lowest BCUT2D eigenvalue weighted by atomic mass is 10.0. The van der Waals surface area contributed by atoms with E-state index in [1.54, 1.807) is 0 Å². The zero-order valence-electron chi connectivity index (χ0n) is 9.83. The van der Waals surface area contributed by atoms with Gasteiger partial charge in [-0.1, -0.05) is 26.0 Å². The SMILES string of the molecule is CC(C)c1cccc2nc3n(c12)CCNC3. The van der Waals surface area contributed by atoms with Crippen molar-refractivity contribution in [1.82, 2.24) is 14.9 Å². The van der Waals surface area contributed by atoms with Crippen molar-refractivity contribution < 1.29 is 0 Å². The maximum Gasteiger partial charge on any atom is 0.123 e. The van der Waals surface area contributed by atoms with E-state index in [9.17, 15) is 0 Å². The summed E-state index contributed by atoms with van der Waals surface area (Å²) in [5.41, 5.74) is 3.90. The first kappa shape index (κ1) is 9.85. The number of hydrogen-bond acceptors (Lipinski definition) is 2. The average Bonchev–Trinajstić information content (AvgIpc) is 2.66. The molecule has 3 heteroatoms. The summed E-state index contributed by atoms with van der Waals surface area (Å²) in [6.07, 6.45) is 0. The standard InChI is InChI=1S/C13H17N3/c1-9(2)10-4-3-5-11-13(10)16-7-6-14-8-12(16)15-11/h3-5,9,14H,6-8H2,1-2H3. The molecule has 3 nitrogen and oxygen atoms in total. The molecule has 0 atom stereocenters. The Hall–Kier alpha value is -1.35. The normalized spacial score (nSPS) is 15.7. The maximum atomic E-state index is 4.70. The summed E-state index contributed by atoms with van der Waals surface area (Å²) in [6.45, 7) is 7.47. The van der Waals surface area contributed by atoms with Crippen LogP contribution in [0.1, 0.15) is 31.2 Å². The van der Waals surface area contributed by atoms with E-state index in [0.717, 1.165) is 25.2 Å². The first-order valence-corrected chi connectivity index (χ1v) is 5.96. The van der Waals surface area contributed by atoms with Gasteiger partial charge in [0.2, 0.25) is 0 Å². The number of para-hydroxylation sites is 1. The van der Waals surface area contributed by atoms with Crippen LogP contribution in [0.15, 0.2) is 18.2 Å². The fourth-order valence-corrected chi connectivity index (χ4v) is 2.49. The van der Waals surface area contributed by atoms with Crippen molar-refractivity contribution in [3.05, 3.63) is 29.6 Å². The second-order valence-electron chi connectivity index (χ2n) is 4.73. The second kappa shape index (κ2) is 3.59. The van der Waals surface area contributed by atoms with Crippen molar-refractivity contribution in [2.45, 2.75) is 32.9 Å². The minimum Gasteiger partial charge on any atom is -0.325 e. The molecule has 0 saturated heterocycles. The number of nitrogens with zero attached hydrogens (tertiary/aromatic N) is 2. The molecule has 1 aliphatic rings. The minimum absolute atomic E-state index is 0.555. The first-order chi connectivity index (χ1) is 7.77. The fraction of sp³-hybridized carbons (Fsp3) is 0.462. The first-order valence-electron chi connectivity index (χ1n) is 5.96. The van der Waals surface area contributed by atoms with Crippen molar-refractivity contribution >= 4 is 11.0 Å². The highest BCUT2D eigenvalue weighted by molar-refractivity contribution is 5.80. The zero-order valence-corrected chi connectivity index (χ0v) is 9.83. The molecule has 0 fully saturated rings. The van der Waals surface area contributed by atoms with Gasteiger partial charge in [-0.05, 0) is 17.5 Å². The molecule has 84 valence electrons. The third-order valence-corrected chi connectivity index (χ3v) is 3.29. The van der Waals surface area contributed by atoms with Crippen molar-refractivity contribution in [3.63, 3.8) is 0 Å². The van der Waals surface area contributed by atoms with Gasteiger partial charge in [0.25, 0.3) is 0 Å². The number of hydrogen-bond donors (Lipinski definition) is 1. The van der Waals surface area contributed by atoms with Crippen LogP contribution >= 0.6 is 0 Å². The van der Waals surface area contributed by atoms with Crippen molar-refractivity contribution in [3.8, 4) is 0 Å². The molecule has 0 bridgehead atoms. The van der Waals surface area contributed by atoms with Crippen LogP contribution in [0, 0.1) is 0 Å². The molecule has 1 aromatic carbocycles. The molecule has 0 unspecified atom stereocenters. The van der Waals surface area contributed by atoms with Gasteiger partial charge in [-0.2, -0.15) is 0 Å². The molecule has 0 aliphatic carbocycles. The maximum absolute atomic E-state index is 4.70. The van der Waals surface area contributed by atoms with Crippen LogP contribution in [0.3, 0.4) is 0 Å². The summed E-state index contributed by atoms with van der Waals surface area (Å²) in [4.78, 5) is 4.70. The van der Waals surface area contributed by atoms with Crippen LogP contribution in [0.5, 0.6) is 0 Å². The molecular weight excluding hydrogens is 198 g/mol. The molecule has 0 amide bonds. The summed E-state index contributed by atoms with van der Waals surface area (Å²) in [7, 11) is 0. The Bertz CT molecular complexity index is 525. The smallest absolute Gasteiger partial charge is 0.123 e. The summed E-state index contributed by atoms with van der Waals surface area (Å²) >= 11 is 0. The van der Waals surface area contributed by atoms with Gasteiger partial charge in [0, 0.05) is 13.1 Å². The molecule has 0 spiro atoms. The van der Waals surface area contributed by atoms with Crippen LogP contribution in [0.4, 0.5) is 0 Å². The van der Waals surface area contributed by atoms with Gasteiger partial charge < -0.3 is 9.88 Å². The predicted molar refractivity (Wildman–Crippen MR) is 65.5 cm³/mol. The third-order valence-electron chi connectivity index (χ3n) is 3.29. The number of imidazole rings is 1. The van der Waals surface area contributed by atoms with Crippen LogP contribution in [-0.4, -0.2) is 16.1 Å². The predicted octanol–water partition coefficient (Wildman–Crippen LogP) is 2.26. The number of nitrogens with one attached hydrogen (secondary N) is 1. The molecule has 2 aromatic rings. The van der Waals surface area contributed by atoms with Gasteiger partial charge >= 0.3 is 0 Å². The lowest BCUT2D eigenvalue weighted by Gasteiger charge is -2.17. The monoisotopic (exact) mass is 215 g/mol. The topological polar surface area (TPSA) is 29.9 Å². The molecule has 1 N–H and O–H groups in total. The Balaban J connectivity index is 2.32. The Kier molecular flexibility index (Phi) is 2.21. The van der Waals surface area contributed by atoms with Crippen molar-refractivity contribution in [1.29, 1.82) is 0 Å². The van der Waals surface area contributed by atoms with E-state index in [1.807, 2.05) is 0 Å². The van der Waals surface area contributed by atoms with E-state index in [0.29, 0.717) is 5.92 Å². The van der Waals surface area contributed by atoms with Gasteiger partial charge in [-0.3, -0.25) is 0 Å². The number of aromatic nitrogens is 2. The highest BCUT2D eigenvalue weighted by Crippen LogP contribution is 2.27. The zero-order chi connectivity index (χ0) is 11.1. The van der Waals surface area contributed by atoms with E-state index < -0.39 is 0 Å². The highest BCUT2D eigenvalue weighted by atomic mass is 15.2. The van der Waals surface area contributed by atoms with Gasteiger partial charge in [0.05, 0.1) is 17.6 Å². The van der Waals surface area contributed by atoms with Gasteiger partial charge in [0.15, 0.2) is 0 Å². The lowest BCUT2D eigenvalue weighted by molar-refractivity contribution is 0.513. The van der Waals surface area contributed by atoms with E-state index in [2.05, 4.69) is 41.9 Å². The Morgan fingerprint density at radius 1 is 1.38 bits per heavy atom. The summed E-state index contributed by atoms with van der Waals surface area (Å²) in [5.74, 6) is 1.73. The number of fused-ring (bicyclic) bond motifs is 3. The largest absolute Gasteiger partial charge is 0.325 e. The average molecular weight is 215 g/mol. The number of rotatable bonds is 1. The van der Waals surface area contributed by atoms with E-state index in [1.165, 1.54) is 16.9 Å². The molecule has 16 heavy (non-hydrogen) atoms. The van der Waals surface area contributed by atoms with Gasteiger partial charge in [-0.15, -0.1) is 0 Å². The lowest BCUT2D eigenvalue weighted by Crippen LogP contribution is -2.28. The number of benzene rings is 1. The third kappa shape index (κ3) is 1.35. The summed E-state index contributed by atoms with van der Waals surface area (Å²) < 4.78 is 2.38. The molecule has 3 rings (SSSR count). The molecule has 1 aliphatic heterocycles. The fourth-order valence-electron chi connectivity index (χ4n) is 2.49. The molecule has 1 aromatic heterocycles. The van der Waals surface area contributed by atoms with Crippen molar-refractivity contribution in [2.24, 2.45) is 0 Å². The van der Waals surface area contributed by atoms with E-state index in [4.69, 9.17) is 4.98 Å². The molecule has 0 radical (unpaired) electrons. The molecule has 2 heterocycles. The Morgan fingerprint density at radius 3 is 3.06 bits per heavy atom. The van der Waals surface area contributed by atoms with Gasteiger partial charge in [-0.25, -0.2) is 4.98 Å². The highest BCUT2D eigenvalue weighted by Gasteiger charge is 2.17. The van der Waals surface area contributed by atoms with E-state index in [-0.39, 0.29) is 0 Å². The molecule has 0 saturated carbocycles. The van der Waals surface area contributed by atoms with Gasteiger partial charge in [0.1, 0.15) is 5.82 Å². The van der Waals surface area contributed by atoms with E-state index >= 15 is 0 Å². The Labute approximate surface area is 95.5 Å². The summed E-state index contributed by atoms with van der Waals surface area (Å²) in [6, 6.07) is 6.46. The van der Waals surface area contributed by atoms with Crippen LogP contribution in [0.2, 0.25) is 0 Å². The summed E-state index contributed by atoms with van der Waals surface area (Å²) in [5, 5.41) is 3.37. The molecular formula is C13H17N3. The second-order valence-corrected chi connectivity index (χ2v) is 4.73. The van der Waals surface area contributed by atoms with Crippen LogP contribution < -0.4 is 5.32 Å².